The summed E-state index contributed by atoms with van der Waals surface area (Å²) >= 11 is 5.88. The van der Waals surface area contributed by atoms with Crippen LogP contribution < -0.4 is 10.2 Å². The van der Waals surface area contributed by atoms with Crippen molar-refractivity contribution < 1.29 is 4.79 Å². The highest BCUT2D eigenvalue weighted by atomic mass is 35.5. The molecule has 0 unspecified atom stereocenters. The third-order valence-corrected chi connectivity index (χ3v) is 5.75. The lowest BCUT2D eigenvalue weighted by Crippen LogP contribution is -2.22. The van der Waals surface area contributed by atoms with E-state index in [1.54, 1.807) is 30.5 Å². The Hall–Kier alpha value is -3.58. The zero-order valence-corrected chi connectivity index (χ0v) is 18.9. The zero-order chi connectivity index (χ0) is 23.2. The second kappa shape index (κ2) is 10.4. The molecule has 1 fully saturated rings. The van der Waals surface area contributed by atoms with Gasteiger partial charge in [0.1, 0.15) is 11.6 Å². The highest BCUT2D eigenvalue weighted by Crippen LogP contribution is 2.25. The first-order valence-corrected chi connectivity index (χ1v) is 11.2. The molecule has 0 saturated carbocycles. The molecule has 1 amide bonds. The van der Waals surface area contributed by atoms with Crippen molar-refractivity contribution in [3.05, 3.63) is 99.4 Å². The van der Waals surface area contributed by atoms with Crippen LogP contribution in [-0.2, 0) is 12.8 Å². The summed E-state index contributed by atoms with van der Waals surface area (Å²) in [6.45, 7) is 5.56. The lowest BCUT2D eigenvalue weighted by Gasteiger charge is -2.20. The molecule has 1 N–H and O–H groups in total. The molecule has 4 rings (SSSR count). The number of anilines is 2. The Labute approximate surface area is 197 Å². The SMILES string of the molecule is C=C(Cc1cnc(Cc2ccc(NC(=O)c3ccc(Cl)cc3)cc2)nc1N1CCCC1)N=O. The van der Waals surface area contributed by atoms with Gasteiger partial charge in [-0.2, -0.15) is 0 Å². The van der Waals surface area contributed by atoms with Crippen molar-refractivity contribution in [2.75, 3.05) is 23.3 Å². The zero-order valence-electron chi connectivity index (χ0n) is 18.1. The topological polar surface area (TPSA) is 87.6 Å². The van der Waals surface area contributed by atoms with Crippen molar-refractivity contribution in [2.45, 2.75) is 25.7 Å². The maximum absolute atomic E-state index is 12.4. The van der Waals surface area contributed by atoms with Gasteiger partial charge in [0, 0.05) is 54.0 Å². The molecule has 2 heterocycles. The Morgan fingerprint density at radius 3 is 2.45 bits per heavy atom. The number of nitroso groups, excluding NO2 is 1. The third kappa shape index (κ3) is 5.81. The molecule has 1 aliphatic rings. The highest BCUT2D eigenvalue weighted by molar-refractivity contribution is 6.30. The van der Waals surface area contributed by atoms with Gasteiger partial charge in [0.15, 0.2) is 0 Å². The minimum Gasteiger partial charge on any atom is -0.356 e. The van der Waals surface area contributed by atoms with E-state index in [-0.39, 0.29) is 11.6 Å². The van der Waals surface area contributed by atoms with Gasteiger partial charge < -0.3 is 10.2 Å². The molecule has 168 valence electrons. The van der Waals surface area contributed by atoms with Crippen LogP contribution in [0.15, 0.2) is 72.2 Å². The van der Waals surface area contributed by atoms with Crippen molar-refractivity contribution in [2.24, 2.45) is 5.18 Å². The van der Waals surface area contributed by atoms with E-state index in [0.29, 0.717) is 34.9 Å². The first-order chi connectivity index (χ1) is 16.0. The van der Waals surface area contributed by atoms with Crippen LogP contribution >= 0.6 is 11.6 Å². The number of aromatic nitrogens is 2. The third-order valence-electron chi connectivity index (χ3n) is 5.50. The predicted octanol–water partition coefficient (Wildman–Crippen LogP) is 5.40. The Kier molecular flexibility index (Phi) is 7.10. The van der Waals surface area contributed by atoms with Crippen molar-refractivity contribution in [3.63, 3.8) is 0 Å². The Bertz CT molecular complexity index is 1160. The number of benzene rings is 2. The molecule has 0 bridgehead atoms. The Morgan fingerprint density at radius 2 is 1.79 bits per heavy atom. The van der Waals surface area contributed by atoms with Gasteiger partial charge in [-0.15, -0.1) is 4.91 Å². The molecule has 1 aromatic heterocycles. The second-order valence-electron chi connectivity index (χ2n) is 8.00. The van der Waals surface area contributed by atoms with Gasteiger partial charge in [0.25, 0.3) is 5.91 Å². The van der Waals surface area contributed by atoms with Crippen molar-refractivity contribution in [1.82, 2.24) is 9.97 Å². The quantitative estimate of drug-likeness (QED) is 0.454. The number of nitrogens with zero attached hydrogens (tertiary/aromatic N) is 4. The minimum atomic E-state index is -0.194. The van der Waals surface area contributed by atoms with Gasteiger partial charge in [-0.05, 0) is 60.0 Å². The number of carbonyl (C=O) groups is 1. The molecule has 2 aromatic carbocycles. The summed E-state index contributed by atoms with van der Waals surface area (Å²) in [5, 5.41) is 6.41. The molecular weight excluding hydrogens is 438 g/mol. The van der Waals surface area contributed by atoms with Gasteiger partial charge in [0.2, 0.25) is 0 Å². The smallest absolute Gasteiger partial charge is 0.255 e. The van der Waals surface area contributed by atoms with E-state index in [4.69, 9.17) is 16.6 Å². The molecular formula is C25H24ClN5O2. The summed E-state index contributed by atoms with van der Waals surface area (Å²) < 4.78 is 0. The number of carbonyl (C=O) groups excluding carboxylic acids is 1. The second-order valence-corrected chi connectivity index (χ2v) is 8.43. The van der Waals surface area contributed by atoms with Crippen LogP contribution in [0.2, 0.25) is 5.02 Å². The monoisotopic (exact) mass is 461 g/mol. The number of halogens is 1. The molecule has 0 radical (unpaired) electrons. The van der Waals surface area contributed by atoms with Gasteiger partial charge in [-0.3, -0.25) is 4.79 Å². The lowest BCUT2D eigenvalue weighted by molar-refractivity contribution is 0.102. The maximum atomic E-state index is 12.4. The first kappa shape index (κ1) is 22.6. The predicted molar refractivity (Wildman–Crippen MR) is 131 cm³/mol. The number of hydrogen-bond acceptors (Lipinski definition) is 6. The van der Waals surface area contributed by atoms with E-state index in [9.17, 15) is 9.70 Å². The van der Waals surface area contributed by atoms with Crippen LogP contribution in [0, 0.1) is 4.91 Å². The van der Waals surface area contributed by atoms with Crippen LogP contribution in [0.25, 0.3) is 0 Å². The molecule has 33 heavy (non-hydrogen) atoms. The first-order valence-electron chi connectivity index (χ1n) is 10.8. The fourth-order valence-corrected chi connectivity index (χ4v) is 3.92. The number of nitrogens with one attached hydrogen (secondary N) is 1. The fraction of sp³-hybridized carbons (Fsp3) is 0.240. The molecule has 8 heteroatoms. The Balaban J connectivity index is 1.46. The van der Waals surface area contributed by atoms with Crippen molar-refractivity contribution in [3.8, 4) is 0 Å². The average molecular weight is 462 g/mol. The number of hydrogen-bond donors (Lipinski definition) is 1. The van der Waals surface area contributed by atoms with E-state index in [1.807, 2.05) is 24.3 Å². The van der Waals surface area contributed by atoms with Crippen LogP contribution in [0.1, 0.15) is 40.2 Å². The summed E-state index contributed by atoms with van der Waals surface area (Å²) in [7, 11) is 0. The summed E-state index contributed by atoms with van der Waals surface area (Å²) in [6.07, 6.45) is 4.91. The van der Waals surface area contributed by atoms with Crippen molar-refractivity contribution in [1.29, 1.82) is 0 Å². The van der Waals surface area contributed by atoms with E-state index in [2.05, 4.69) is 27.0 Å². The number of amides is 1. The highest BCUT2D eigenvalue weighted by Gasteiger charge is 2.19. The Morgan fingerprint density at radius 1 is 1.09 bits per heavy atom. The fourth-order valence-electron chi connectivity index (χ4n) is 3.79. The van der Waals surface area contributed by atoms with Crippen LogP contribution in [0.4, 0.5) is 11.5 Å². The lowest BCUT2D eigenvalue weighted by atomic mass is 10.1. The normalized spacial score (nSPS) is 13.1. The van der Waals surface area contributed by atoms with Crippen molar-refractivity contribution >= 4 is 29.0 Å². The molecule has 1 saturated heterocycles. The van der Waals surface area contributed by atoms with Gasteiger partial charge in [-0.1, -0.05) is 30.3 Å². The number of rotatable bonds is 8. The summed E-state index contributed by atoms with van der Waals surface area (Å²) in [5.74, 6) is 1.36. The van der Waals surface area contributed by atoms with Gasteiger partial charge >= 0.3 is 0 Å². The minimum absolute atomic E-state index is 0.194. The average Bonchev–Trinajstić information content (AvgIpc) is 3.36. The van der Waals surface area contributed by atoms with E-state index in [0.717, 1.165) is 42.9 Å². The maximum Gasteiger partial charge on any atom is 0.255 e. The van der Waals surface area contributed by atoms with Crippen LogP contribution in [0.3, 0.4) is 0 Å². The standard InChI is InChI=1S/C25H24ClN5O2/c1-17(30-33)14-20-16-27-23(29-24(20)31-12-2-3-13-31)15-18-4-10-22(11-5-18)28-25(32)19-6-8-21(26)9-7-19/h4-11,16H,1-3,12-15H2,(H,28,32). The van der Waals surface area contributed by atoms with Crippen LogP contribution in [0.5, 0.6) is 0 Å². The van der Waals surface area contributed by atoms with Gasteiger partial charge in [-0.25, -0.2) is 9.97 Å². The summed E-state index contributed by atoms with van der Waals surface area (Å²) in [4.78, 5) is 34.7. The van der Waals surface area contributed by atoms with E-state index < -0.39 is 0 Å². The summed E-state index contributed by atoms with van der Waals surface area (Å²) in [5.41, 5.74) is 3.40. The molecule has 0 aliphatic carbocycles. The molecule has 0 spiro atoms. The molecule has 7 nitrogen and oxygen atoms in total. The largest absolute Gasteiger partial charge is 0.356 e. The van der Waals surface area contributed by atoms with E-state index >= 15 is 0 Å². The van der Waals surface area contributed by atoms with Crippen LogP contribution in [-0.4, -0.2) is 29.0 Å². The van der Waals surface area contributed by atoms with Gasteiger partial charge in [0.05, 0.1) is 5.70 Å². The molecule has 0 atom stereocenters. The van der Waals surface area contributed by atoms with E-state index in [1.165, 1.54) is 0 Å². The summed E-state index contributed by atoms with van der Waals surface area (Å²) in [6, 6.07) is 14.4. The molecule has 1 aliphatic heterocycles. The number of allylic oxidation sites excluding steroid dienone is 1. The molecule has 3 aromatic rings.